The Morgan fingerprint density at radius 2 is 1.67 bits per heavy atom. The number of aliphatic hydroxyl groups is 4. The largest absolute Gasteiger partial charge is 0.392 e. The van der Waals surface area contributed by atoms with Crippen LogP contribution in [-0.2, 0) is 9.59 Å². The van der Waals surface area contributed by atoms with Gasteiger partial charge in [0.15, 0.2) is 5.78 Å². The van der Waals surface area contributed by atoms with Crippen molar-refractivity contribution < 1.29 is 30.0 Å². The molecule has 4 aliphatic rings. The summed E-state index contributed by atoms with van der Waals surface area (Å²) in [6, 6.07) is 0. The molecule has 0 amide bonds. The van der Waals surface area contributed by atoms with E-state index >= 15 is 0 Å². The van der Waals surface area contributed by atoms with Gasteiger partial charge in [-0.25, -0.2) is 0 Å². The average Bonchev–Trinajstić information content (AvgIpc) is 3.00. The second-order valence-electron chi connectivity index (χ2n) is 14.5. The van der Waals surface area contributed by atoms with Gasteiger partial charge < -0.3 is 20.4 Å². The van der Waals surface area contributed by atoms with Crippen molar-refractivity contribution in [3.8, 4) is 0 Å². The lowest BCUT2D eigenvalue weighted by molar-refractivity contribution is -0.208. The molecule has 6 nitrogen and oxygen atoms in total. The van der Waals surface area contributed by atoms with E-state index in [1.165, 1.54) is 13.8 Å². The molecule has 0 heterocycles. The third kappa shape index (κ3) is 3.72. The van der Waals surface area contributed by atoms with Gasteiger partial charge in [-0.1, -0.05) is 47.1 Å². The van der Waals surface area contributed by atoms with Crippen LogP contribution in [0.15, 0.2) is 11.1 Å². The number of hydrogen-bond donors (Lipinski definition) is 4. The van der Waals surface area contributed by atoms with Crippen LogP contribution in [0.3, 0.4) is 0 Å². The highest BCUT2D eigenvalue weighted by Crippen LogP contribution is 2.73. The van der Waals surface area contributed by atoms with Crippen molar-refractivity contribution >= 4 is 11.6 Å². The molecule has 204 valence electrons. The van der Waals surface area contributed by atoms with Crippen LogP contribution in [0.25, 0.3) is 0 Å². The summed E-state index contributed by atoms with van der Waals surface area (Å²) >= 11 is 0. The molecule has 0 bridgehead atoms. The molecule has 3 fully saturated rings. The Bertz CT molecular complexity index is 974. The number of carbonyl (C=O) groups is 2. The Kier molecular flexibility index (Phi) is 6.57. The molecule has 9 atom stereocenters. The normalized spacial score (nSPS) is 42.9. The van der Waals surface area contributed by atoms with Crippen molar-refractivity contribution in [2.75, 3.05) is 0 Å². The number of aliphatic hydroxyl groups excluding tert-OH is 3. The molecule has 6 heteroatoms. The van der Waals surface area contributed by atoms with Gasteiger partial charge in [-0.3, -0.25) is 9.59 Å². The molecule has 0 radical (unpaired) electrons. The molecule has 4 rings (SSSR count). The zero-order valence-electron chi connectivity index (χ0n) is 23.5. The number of hydrogen-bond acceptors (Lipinski definition) is 6. The zero-order chi connectivity index (χ0) is 27.2. The van der Waals surface area contributed by atoms with E-state index in [9.17, 15) is 30.0 Å². The van der Waals surface area contributed by atoms with Gasteiger partial charge in [0.1, 0.15) is 11.9 Å². The minimum Gasteiger partial charge on any atom is -0.392 e. The lowest BCUT2D eigenvalue weighted by atomic mass is 9.36. The van der Waals surface area contributed by atoms with Gasteiger partial charge in [0.25, 0.3) is 0 Å². The highest BCUT2D eigenvalue weighted by Gasteiger charge is 2.70. The Balaban J connectivity index is 1.72. The highest BCUT2D eigenvalue weighted by molar-refractivity contribution is 6.00. The number of fused-ring (bicyclic) bond motifs is 5. The molecule has 0 aliphatic heterocycles. The number of Topliss-reactive ketones (excluding diaryl/α,β-unsaturated/α-hetero) is 2. The minimum absolute atomic E-state index is 0.00469. The first kappa shape index (κ1) is 27.9. The fraction of sp³-hybridized carbons (Fsp3) is 0.867. The SMILES string of the molecule is C[C@H](C[C@H](O)[C@@H](O)C(C)(C)O)C1=C2C[C@H](O)[C@H]3[C@@]4(C)CCC(=O)C(C)(C)[C@H]4CC[C@]3(C)[C@@]2(C)CC1=O. The van der Waals surface area contributed by atoms with Gasteiger partial charge in [0, 0.05) is 23.7 Å². The summed E-state index contributed by atoms with van der Waals surface area (Å²) in [7, 11) is 0. The molecule has 0 aromatic carbocycles. The first-order valence-corrected chi connectivity index (χ1v) is 13.9. The van der Waals surface area contributed by atoms with Crippen LogP contribution in [0.1, 0.15) is 100 Å². The van der Waals surface area contributed by atoms with E-state index < -0.39 is 34.7 Å². The second kappa shape index (κ2) is 8.46. The first-order valence-electron chi connectivity index (χ1n) is 13.9. The number of rotatable bonds is 5. The molecule has 0 aromatic rings. The Labute approximate surface area is 216 Å². The summed E-state index contributed by atoms with van der Waals surface area (Å²) < 4.78 is 0. The zero-order valence-corrected chi connectivity index (χ0v) is 23.5. The molecule has 0 aromatic heterocycles. The molecule has 0 unspecified atom stereocenters. The summed E-state index contributed by atoms with van der Waals surface area (Å²) in [6.45, 7) is 15.7. The summed E-state index contributed by atoms with van der Waals surface area (Å²) in [5.74, 6) is 0.305. The molecular formula is C30H48O6. The van der Waals surface area contributed by atoms with Crippen LogP contribution >= 0.6 is 0 Å². The fourth-order valence-corrected chi connectivity index (χ4v) is 9.62. The van der Waals surface area contributed by atoms with E-state index in [0.717, 1.165) is 24.8 Å². The van der Waals surface area contributed by atoms with E-state index in [1.54, 1.807) is 0 Å². The van der Waals surface area contributed by atoms with Crippen molar-refractivity contribution in [1.82, 2.24) is 0 Å². The van der Waals surface area contributed by atoms with Crippen molar-refractivity contribution in [2.45, 2.75) is 124 Å². The third-order valence-corrected chi connectivity index (χ3v) is 11.7. The monoisotopic (exact) mass is 504 g/mol. The van der Waals surface area contributed by atoms with E-state index in [4.69, 9.17) is 0 Å². The molecule has 4 N–H and O–H groups in total. The van der Waals surface area contributed by atoms with E-state index in [2.05, 4.69) is 34.6 Å². The van der Waals surface area contributed by atoms with Gasteiger partial charge in [-0.15, -0.1) is 0 Å². The lowest BCUT2D eigenvalue weighted by Gasteiger charge is -2.68. The van der Waals surface area contributed by atoms with Crippen molar-refractivity contribution in [3.05, 3.63) is 11.1 Å². The standard InChI is InChI=1S/C30H48O6/c1-16(13-19(32)25(35)27(4,5)36)23-17-14-18(31)24-28(6)11-10-22(34)26(2,3)21(28)9-12-29(24,7)30(17,8)15-20(23)33/h16,18-19,21,24-25,31-32,35-36H,9-15H2,1-8H3/t16-,18+,19+,21-,24+,25-,28+,29+,30+/m1/s1. The summed E-state index contributed by atoms with van der Waals surface area (Å²) in [5, 5.41) is 42.9. The van der Waals surface area contributed by atoms with Crippen LogP contribution in [0.5, 0.6) is 0 Å². The van der Waals surface area contributed by atoms with Crippen molar-refractivity contribution in [3.63, 3.8) is 0 Å². The molecule has 0 spiro atoms. The summed E-state index contributed by atoms with van der Waals surface area (Å²) in [5.41, 5.74) is -0.998. The molecular weight excluding hydrogens is 456 g/mol. The Morgan fingerprint density at radius 1 is 1.06 bits per heavy atom. The first-order chi connectivity index (χ1) is 16.3. The van der Waals surface area contributed by atoms with Gasteiger partial charge in [-0.2, -0.15) is 0 Å². The van der Waals surface area contributed by atoms with E-state index in [0.29, 0.717) is 30.6 Å². The van der Waals surface area contributed by atoms with Gasteiger partial charge in [0.2, 0.25) is 0 Å². The highest BCUT2D eigenvalue weighted by atomic mass is 16.4. The average molecular weight is 505 g/mol. The molecule has 4 aliphatic carbocycles. The molecule has 0 saturated heterocycles. The maximum absolute atomic E-state index is 13.6. The summed E-state index contributed by atoms with van der Waals surface area (Å²) in [6.07, 6.45) is 1.01. The molecule has 36 heavy (non-hydrogen) atoms. The topological polar surface area (TPSA) is 115 Å². The maximum Gasteiger partial charge on any atom is 0.160 e. The maximum atomic E-state index is 13.6. The molecule has 3 saturated carbocycles. The fourth-order valence-electron chi connectivity index (χ4n) is 9.62. The smallest absolute Gasteiger partial charge is 0.160 e. The van der Waals surface area contributed by atoms with Gasteiger partial charge in [-0.05, 0) is 80.1 Å². The minimum atomic E-state index is -1.45. The van der Waals surface area contributed by atoms with Crippen LogP contribution in [-0.4, -0.2) is 55.9 Å². The Morgan fingerprint density at radius 3 is 2.25 bits per heavy atom. The predicted octanol–water partition coefficient (Wildman–Crippen LogP) is 3.97. The van der Waals surface area contributed by atoms with Gasteiger partial charge >= 0.3 is 0 Å². The second-order valence-corrected chi connectivity index (χ2v) is 14.5. The predicted molar refractivity (Wildman–Crippen MR) is 138 cm³/mol. The number of ketones is 2. The van der Waals surface area contributed by atoms with E-state index in [-0.39, 0.29) is 40.8 Å². The Hall–Kier alpha value is -1.08. The van der Waals surface area contributed by atoms with E-state index in [1.807, 2.05) is 6.92 Å². The third-order valence-electron chi connectivity index (χ3n) is 11.7. The van der Waals surface area contributed by atoms with Crippen LogP contribution in [0.4, 0.5) is 0 Å². The quantitative estimate of drug-likeness (QED) is 0.450. The van der Waals surface area contributed by atoms with Gasteiger partial charge in [0.05, 0.1) is 17.8 Å². The van der Waals surface area contributed by atoms with Crippen LogP contribution < -0.4 is 0 Å². The van der Waals surface area contributed by atoms with Crippen LogP contribution in [0, 0.1) is 39.4 Å². The number of allylic oxidation sites excluding steroid dienone is 1. The van der Waals surface area contributed by atoms with Crippen molar-refractivity contribution in [2.24, 2.45) is 39.4 Å². The van der Waals surface area contributed by atoms with Crippen molar-refractivity contribution in [1.29, 1.82) is 0 Å². The lowest BCUT2D eigenvalue weighted by Crippen LogP contribution is -2.65. The summed E-state index contributed by atoms with van der Waals surface area (Å²) in [4.78, 5) is 26.5. The van der Waals surface area contributed by atoms with Crippen LogP contribution in [0.2, 0.25) is 0 Å². The number of carbonyl (C=O) groups excluding carboxylic acids is 2.